The predicted octanol–water partition coefficient (Wildman–Crippen LogP) is 1.29. The van der Waals surface area contributed by atoms with Crippen molar-refractivity contribution in [2.75, 3.05) is 41.0 Å². The largest absolute Gasteiger partial charge is 0.497 e. The van der Waals surface area contributed by atoms with Gasteiger partial charge in [-0.1, -0.05) is 12.1 Å². The van der Waals surface area contributed by atoms with Gasteiger partial charge in [-0.05, 0) is 31.8 Å². The highest BCUT2D eigenvalue weighted by molar-refractivity contribution is 5.31. The van der Waals surface area contributed by atoms with Gasteiger partial charge in [0.15, 0.2) is 0 Å². The van der Waals surface area contributed by atoms with Gasteiger partial charge in [0, 0.05) is 6.54 Å². The maximum absolute atomic E-state index is 5.57. The fourth-order valence-corrected chi connectivity index (χ4v) is 2.50. The SMILES string of the molecule is COc1cccc(C(C2COCCN2)N(C)C)c1. The highest BCUT2D eigenvalue weighted by Gasteiger charge is 2.27. The van der Waals surface area contributed by atoms with E-state index in [2.05, 4.69) is 36.4 Å². The lowest BCUT2D eigenvalue weighted by Gasteiger charge is -2.35. The molecule has 1 aromatic rings. The first-order chi connectivity index (χ1) is 8.72. The first-order valence-corrected chi connectivity index (χ1v) is 6.34. The zero-order chi connectivity index (χ0) is 13.0. The number of likely N-dealkylation sites (N-methyl/N-ethyl adjacent to an activating group) is 1. The molecule has 100 valence electrons. The summed E-state index contributed by atoms with van der Waals surface area (Å²) < 4.78 is 10.9. The van der Waals surface area contributed by atoms with Crippen molar-refractivity contribution in [2.24, 2.45) is 0 Å². The highest BCUT2D eigenvalue weighted by atomic mass is 16.5. The second kappa shape index (κ2) is 6.18. The van der Waals surface area contributed by atoms with E-state index in [1.165, 1.54) is 5.56 Å². The Labute approximate surface area is 109 Å². The lowest BCUT2D eigenvalue weighted by Crippen LogP contribution is -2.48. The number of ether oxygens (including phenoxy) is 2. The maximum atomic E-state index is 5.57. The number of morpholine rings is 1. The van der Waals surface area contributed by atoms with Gasteiger partial charge in [-0.15, -0.1) is 0 Å². The summed E-state index contributed by atoms with van der Waals surface area (Å²) in [7, 11) is 5.90. The Morgan fingerprint density at radius 1 is 1.44 bits per heavy atom. The first kappa shape index (κ1) is 13.3. The first-order valence-electron chi connectivity index (χ1n) is 6.34. The lowest BCUT2D eigenvalue weighted by atomic mass is 9.98. The van der Waals surface area contributed by atoms with Gasteiger partial charge in [0.05, 0.1) is 32.4 Å². The van der Waals surface area contributed by atoms with Gasteiger partial charge in [-0.3, -0.25) is 0 Å². The summed E-state index contributed by atoms with van der Waals surface area (Å²) in [5, 5.41) is 3.53. The van der Waals surface area contributed by atoms with Crippen molar-refractivity contribution in [3.05, 3.63) is 29.8 Å². The molecule has 0 radical (unpaired) electrons. The van der Waals surface area contributed by atoms with Crippen LogP contribution in [0, 0.1) is 0 Å². The van der Waals surface area contributed by atoms with E-state index in [-0.39, 0.29) is 0 Å². The fourth-order valence-electron chi connectivity index (χ4n) is 2.50. The number of nitrogens with zero attached hydrogens (tertiary/aromatic N) is 1. The summed E-state index contributed by atoms with van der Waals surface area (Å²) in [5.74, 6) is 0.899. The Hall–Kier alpha value is -1.10. The highest BCUT2D eigenvalue weighted by Crippen LogP contribution is 2.26. The monoisotopic (exact) mass is 250 g/mol. The van der Waals surface area contributed by atoms with Crippen molar-refractivity contribution >= 4 is 0 Å². The Kier molecular flexibility index (Phi) is 4.58. The smallest absolute Gasteiger partial charge is 0.119 e. The molecule has 1 aliphatic heterocycles. The molecule has 1 heterocycles. The van der Waals surface area contributed by atoms with E-state index in [4.69, 9.17) is 9.47 Å². The van der Waals surface area contributed by atoms with Gasteiger partial charge in [0.2, 0.25) is 0 Å². The second-order valence-electron chi connectivity index (χ2n) is 4.82. The molecule has 0 spiro atoms. The van der Waals surface area contributed by atoms with Crippen LogP contribution in [0.5, 0.6) is 5.75 Å². The topological polar surface area (TPSA) is 33.7 Å². The summed E-state index contributed by atoms with van der Waals surface area (Å²) in [6, 6.07) is 8.86. The average Bonchev–Trinajstić information content (AvgIpc) is 2.40. The zero-order valence-electron chi connectivity index (χ0n) is 11.3. The van der Waals surface area contributed by atoms with Crippen molar-refractivity contribution in [3.63, 3.8) is 0 Å². The third-order valence-corrected chi connectivity index (χ3v) is 3.32. The molecule has 1 fully saturated rings. The van der Waals surface area contributed by atoms with Crippen LogP contribution >= 0.6 is 0 Å². The number of benzene rings is 1. The molecule has 0 aromatic heterocycles. The molecular formula is C14H22N2O2. The van der Waals surface area contributed by atoms with Gasteiger partial charge >= 0.3 is 0 Å². The molecule has 0 bridgehead atoms. The standard InChI is InChI=1S/C14H22N2O2/c1-16(2)14(13-10-18-8-7-15-13)11-5-4-6-12(9-11)17-3/h4-6,9,13-15H,7-8,10H2,1-3H3. The minimum absolute atomic E-state index is 0.292. The van der Waals surface area contributed by atoms with Crippen molar-refractivity contribution in [1.82, 2.24) is 10.2 Å². The molecule has 1 saturated heterocycles. The number of rotatable bonds is 4. The molecule has 0 amide bonds. The molecule has 0 saturated carbocycles. The summed E-state index contributed by atoms with van der Waals surface area (Å²) in [4.78, 5) is 2.22. The normalized spacial score (nSPS) is 21.9. The van der Waals surface area contributed by atoms with Gasteiger partial charge in [0.25, 0.3) is 0 Å². The van der Waals surface area contributed by atoms with Crippen LogP contribution in [0.4, 0.5) is 0 Å². The summed E-state index contributed by atoms with van der Waals surface area (Å²) in [6.07, 6.45) is 0. The van der Waals surface area contributed by atoms with E-state index in [0.29, 0.717) is 12.1 Å². The summed E-state index contributed by atoms with van der Waals surface area (Å²) in [6.45, 7) is 2.47. The van der Waals surface area contributed by atoms with Gasteiger partial charge in [-0.25, -0.2) is 0 Å². The Morgan fingerprint density at radius 3 is 2.89 bits per heavy atom. The van der Waals surface area contributed by atoms with Crippen LogP contribution in [0.3, 0.4) is 0 Å². The van der Waals surface area contributed by atoms with Gasteiger partial charge in [-0.2, -0.15) is 0 Å². The molecule has 4 nitrogen and oxygen atoms in total. The Bertz CT molecular complexity index is 376. The number of hydrogen-bond acceptors (Lipinski definition) is 4. The minimum atomic E-state index is 0.292. The van der Waals surface area contributed by atoms with Crippen LogP contribution in [0.25, 0.3) is 0 Å². The third-order valence-electron chi connectivity index (χ3n) is 3.32. The quantitative estimate of drug-likeness (QED) is 0.873. The van der Waals surface area contributed by atoms with Crippen LogP contribution in [0.2, 0.25) is 0 Å². The fraction of sp³-hybridized carbons (Fsp3) is 0.571. The van der Waals surface area contributed by atoms with Gasteiger partial charge < -0.3 is 19.7 Å². The molecule has 4 heteroatoms. The van der Waals surface area contributed by atoms with Crippen molar-refractivity contribution < 1.29 is 9.47 Å². The van der Waals surface area contributed by atoms with Gasteiger partial charge in [0.1, 0.15) is 5.75 Å². The van der Waals surface area contributed by atoms with E-state index >= 15 is 0 Å². The molecule has 2 atom stereocenters. The van der Waals surface area contributed by atoms with Crippen molar-refractivity contribution in [1.29, 1.82) is 0 Å². The molecule has 2 rings (SSSR count). The van der Waals surface area contributed by atoms with E-state index in [1.807, 2.05) is 12.1 Å². The van der Waals surface area contributed by atoms with Crippen LogP contribution in [0.1, 0.15) is 11.6 Å². The molecule has 2 unspecified atom stereocenters. The maximum Gasteiger partial charge on any atom is 0.119 e. The average molecular weight is 250 g/mol. The molecular weight excluding hydrogens is 228 g/mol. The molecule has 1 aromatic carbocycles. The summed E-state index contributed by atoms with van der Waals surface area (Å²) in [5.41, 5.74) is 1.25. The van der Waals surface area contributed by atoms with Crippen LogP contribution < -0.4 is 10.1 Å². The second-order valence-corrected chi connectivity index (χ2v) is 4.82. The van der Waals surface area contributed by atoms with Crippen LogP contribution in [-0.4, -0.2) is 51.9 Å². The lowest BCUT2D eigenvalue weighted by molar-refractivity contribution is 0.0459. The van der Waals surface area contributed by atoms with Crippen LogP contribution in [0.15, 0.2) is 24.3 Å². The van der Waals surface area contributed by atoms with Crippen molar-refractivity contribution in [2.45, 2.75) is 12.1 Å². The number of nitrogens with one attached hydrogen (secondary N) is 1. The molecule has 18 heavy (non-hydrogen) atoms. The van der Waals surface area contributed by atoms with E-state index in [9.17, 15) is 0 Å². The zero-order valence-corrected chi connectivity index (χ0v) is 11.3. The third kappa shape index (κ3) is 3.02. The Balaban J connectivity index is 2.22. The predicted molar refractivity (Wildman–Crippen MR) is 72.0 cm³/mol. The van der Waals surface area contributed by atoms with E-state index in [0.717, 1.165) is 25.5 Å². The molecule has 1 N–H and O–H groups in total. The van der Waals surface area contributed by atoms with E-state index < -0.39 is 0 Å². The summed E-state index contributed by atoms with van der Waals surface area (Å²) >= 11 is 0. The number of hydrogen-bond donors (Lipinski definition) is 1. The minimum Gasteiger partial charge on any atom is -0.497 e. The Morgan fingerprint density at radius 2 is 2.28 bits per heavy atom. The van der Waals surface area contributed by atoms with Crippen molar-refractivity contribution in [3.8, 4) is 5.75 Å². The van der Waals surface area contributed by atoms with Crippen LogP contribution in [-0.2, 0) is 4.74 Å². The molecule has 0 aliphatic carbocycles. The van der Waals surface area contributed by atoms with E-state index in [1.54, 1.807) is 7.11 Å². The number of methoxy groups -OCH3 is 1. The molecule has 1 aliphatic rings.